The van der Waals surface area contributed by atoms with Crippen LogP contribution in [-0.2, 0) is 9.84 Å². The molecule has 1 aromatic rings. The minimum absolute atomic E-state index is 0.0138. The molecule has 0 spiro atoms. The fourth-order valence-corrected chi connectivity index (χ4v) is 3.34. The van der Waals surface area contributed by atoms with E-state index in [2.05, 4.69) is 0 Å². The Balaban J connectivity index is 2.81. The quantitative estimate of drug-likeness (QED) is 0.453. The summed E-state index contributed by atoms with van der Waals surface area (Å²) in [5, 5.41) is 16.3. The summed E-state index contributed by atoms with van der Waals surface area (Å²) in [6.45, 7) is 3.62. The Hall–Kier alpha value is -1.44. The monoisotopic (exact) mass is 313 g/mol. The Kier molecular flexibility index (Phi) is 6.80. The first-order chi connectivity index (χ1) is 9.90. The van der Waals surface area contributed by atoms with Gasteiger partial charge in [0.15, 0.2) is 9.84 Å². The van der Waals surface area contributed by atoms with Gasteiger partial charge < -0.3 is 15.7 Å². The van der Waals surface area contributed by atoms with Crippen molar-refractivity contribution in [3.05, 3.63) is 29.8 Å². The van der Waals surface area contributed by atoms with Crippen LogP contribution in [0.5, 0.6) is 0 Å². The van der Waals surface area contributed by atoms with Crippen LogP contribution < -0.4 is 5.73 Å². The Labute approximate surface area is 126 Å². The number of benzene rings is 1. The van der Waals surface area contributed by atoms with E-state index in [1.54, 1.807) is 12.1 Å². The highest BCUT2D eigenvalue weighted by molar-refractivity contribution is 7.91. The lowest BCUT2D eigenvalue weighted by molar-refractivity contribution is 0.203. The summed E-state index contributed by atoms with van der Waals surface area (Å²) in [5.74, 6) is -0.172. The highest BCUT2D eigenvalue weighted by atomic mass is 32.2. The molecule has 118 valence electrons. The number of nitrogen functional groups attached to an aromatic ring is 1. The molecule has 0 unspecified atom stereocenters. The highest BCUT2D eigenvalue weighted by Gasteiger charge is 2.17. The van der Waals surface area contributed by atoms with Gasteiger partial charge in [-0.15, -0.1) is 0 Å². The van der Waals surface area contributed by atoms with E-state index in [0.29, 0.717) is 18.7 Å². The molecule has 6 nitrogen and oxygen atoms in total. The Morgan fingerprint density at radius 2 is 2.05 bits per heavy atom. The van der Waals surface area contributed by atoms with Gasteiger partial charge in [0.25, 0.3) is 0 Å². The lowest BCUT2D eigenvalue weighted by Gasteiger charge is -2.20. The van der Waals surface area contributed by atoms with E-state index in [1.165, 1.54) is 12.1 Å². The number of aliphatic hydroxyl groups is 1. The number of amidine groups is 1. The maximum atomic E-state index is 12.3. The summed E-state index contributed by atoms with van der Waals surface area (Å²) in [6.07, 6.45) is 0.903. The van der Waals surface area contributed by atoms with Crippen molar-refractivity contribution in [3.8, 4) is 0 Å². The van der Waals surface area contributed by atoms with E-state index in [1.807, 2.05) is 11.8 Å². The first-order valence-corrected chi connectivity index (χ1v) is 8.56. The summed E-state index contributed by atoms with van der Waals surface area (Å²) < 4.78 is 24.6. The second-order valence-corrected chi connectivity index (χ2v) is 6.93. The van der Waals surface area contributed by atoms with E-state index in [4.69, 9.17) is 16.2 Å². The maximum Gasteiger partial charge on any atom is 0.179 e. The van der Waals surface area contributed by atoms with E-state index in [-0.39, 0.29) is 23.1 Å². The molecule has 0 aliphatic heterocycles. The lowest BCUT2D eigenvalue weighted by Crippen LogP contribution is -2.32. The highest BCUT2D eigenvalue weighted by Crippen LogP contribution is 2.13. The molecule has 0 saturated carbocycles. The van der Waals surface area contributed by atoms with Gasteiger partial charge in [-0.25, -0.2) is 8.42 Å². The van der Waals surface area contributed by atoms with Crippen molar-refractivity contribution in [2.75, 3.05) is 32.0 Å². The normalized spacial score (nSPS) is 11.8. The minimum Gasteiger partial charge on any atom is -0.395 e. The zero-order valence-electron chi connectivity index (χ0n) is 12.2. The zero-order valence-corrected chi connectivity index (χ0v) is 13.1. The third kappa shape index (κ3) is 5.45. The van der Waals surface area contributed by atoms with Crippen molar-refractivity contribution < 1.29 is 13.5 Å². The van der Waals surface area contributed by atoms with Crippen LogP contribution in [0, 0.1) is 5.41 Å². The molecule has 1 aromatic carbocycles. The van der Waals surface area contributed by atoms with Gasteiger partial charge in [0.2, 0.25) is 0 Å². The molecule has 0 atom stereocenters. The molecule has 0 fully saturated rings. The third-order valence-corrected chi connectivity index (χ3v) is 4.83. The van der Waals surface area contributed by atoms with Gasteiger partial charge in [-0.1, -0.05) is 19.1 Å². The number of aliphatic hydroxyl groups excluding tert-OH is 1. The van der Waals surface area contributed by atoms with Gasteiger partial charge in [-0.05, 0) is 25.1 Å². The molecule has 1 rings (SSSR count). The second-order valence-electron chi connectivity index (χ2n) is 4.83. The molecule has 0 radical (unpaired) electrons. The predicted octanol–water partition coefficient (Wildman–Crippen LogP) is 0.449. The Morgan fingerprint density at radius 3 is 2.62 bits per heavy atom. The van der Waals surface area contributed by atoms with Crippen molar-refractivity contribution in [2.24, 2.45) is 5.73 Å². The Morgan fingerprint density at radius 1 is 1.33 bits per heavy atom. The molecule has 0 amide bonds. The van der Waals surface area contributed by atoms with Crippen LogP contribution in [0.15, 0.2) is 29.2 Å². The fraction of sp³-hybridized carbons (Fsp3) is 0.500. The predicted molar refractivity (Wildman–Crippen MR) is 83.3 cm³/mol. The van der Waals surface area contributed by atoms with Crippen LogP contribution >= 0.6 is 0 Å². The molecule has 0 aromatic heterocycles. The van der Waals surface area contributed by atoms with E-state index in [9.17, 15) is 8.42 Å². The molecule has 21 heavy (non-hydrogen) atoms. The average Bonchev–Trinajstić information content (AvgIpc) is 2.45. The van der Waals surface area contributed by atoms with Crippen molar-refractivity contribution in [3.63, 3.8) is 0 Å². The second kappa shape index (κ2) is 8.11. The number of nitrogens with zero attached hydrogens (tertiary/aromatic N) is 1. The molecule has 7 heteroatoms. The van der Waals surface area contributed by atoms with Crippen LogP contribution in [0.2, 0.25) is 0 Å². The Bertz CT molecular complexity index is 567. The summed E-state index contributed by atoms with van der Waals surface area (Å²) in [4.78, 5) is 2.10. The standard InChI is InChI=1S/C14H23N3O3S/c1-2-6-17(7-9-18)8-10-21(19,20)13-5-3-4-12(11-13)14(15)16/h3-5,11,18H,2,6-10H2,1H3,(H3,15,16). The number of nitrogens with two attached hydrogens (primary N) is 1. The molecule has 0 heterocycles. The summed E-state index contributed by atoms with van der Waals surface area (Å²) in [5.41, 5.74) is 5.78. The number of sulfone groups is 1. The smallest absolute Gasteiger partial charge is 0.179 e. The van der Waals surface area contributed by atoms with Crippen molar-refractivity contribution in [2.45, 2.75) is 18.2 Å². The number of rotatable bonds is 9. The van der Waals surface area contributed by atoms with E-state index in [0.717, 1.165) is 13.0 Å². The minimum atomic E-state index is -3.42. The van der Waals surface area contributed by atoms with E-state index >= 15 is 0 Å². The van der Waals surface area contributed by atoms with Crippen LogP contribution in [-0.4, -0.2) is 56.3 Å². The fourth-order valence-electron chi connectivity index (χ4n) is 2.02. The molecule has 0 aliphatic carbocycles. The topological polar surface area (TPSA) is 107 Å². The first-order valence-electron chi connectivity index (χ1n) is 6.91. The summed E-state index contributed by atoms with van der Waals surface area (Å²) >= 11 is 0. The summed E-state index contributed by atoms with van der Waals surface area (Å²) in [6, 6.07) is 6.13. The number of nitrogens with one attached hydrogen (secondary N) is 1. The number of hydrogen-bond acceptors (Lipinski definition) is 5. The molecular formula is C14H23N3O3S. The van der Waals surface area contributed by atoms with Crippen LogP contribution in [0.3, 0.4) is 0 Å². The molecular weight excluding hydrogens is 290 g/mol. The first kappa shape index (κ1) is 17.6. The van der Waals surface area contributed by atoms with Gasteiger partial charge >= 0.3 is 0 Å². The van der Waals surface area contributed by atoms with Crippen molar-refractivity contribution >= 4 is 15.7 Å². The van der Waals surface area contributed by atoms with Gasteiger partial charge in [0, 0.05) is 18.7 Å². The van der Waals surface area contributed by atoms with Gasteiger partial charge in [0.1, 0.15) is 5.84 Å². The molecule has 0 saturated heterocycles. The number of hydrogen-bond donors (Lipinski definition) is 3. The van der Waals surface area contributed by atoms with Gasteiger partial charge in [-0.2, -0.15) is 0 Å². The lowest BCUT2D eigenvalue weighted by atomic mass is 10.2. The summed E-state index contributed by atoms with van der Waals surface area (Å²) in [7, 11) is -3.42. The van der Waals surface area contributed by atoms with E-state index < -0.39 is 9.84 Å². The SMILES string of the molecule is CCCN(CCO)CCS(=O)(=O)c1cccc(C(=N)N)c1. The van der Waals surface area contributed by atoms with Gasteiger partial charge in [-0.3, -0.25) is 5.41 Å². The zero-order chi connectivity index (χ0) is 15.9. The third-order valence-electron chi connectivity index (χ3n) is 3.14. The van der Waals surface area contributed by atoms with Gasteiger partial charge in [0.05, 0.1) is 17.3 Å². The molecule has 0 aliphatic rings. The van der Waals surface area contributed by atoms with Crippen LogP contribution in [0.4, 0.5) is 0 Å². The van der Waals surface area contributed by atoms with Crippen molar-refractivity contribution in [1.29, 1.82) is 5.41 Å². The average molecular weight is 313 g/mol. The van der Waals surface area contributed by atoms with Crippen molar-refractivity contribution in [1.82, 2.24) is 4.90 Å². The van der Waals surface area contributed by atoms with Crippen LogP contribution in [0.1, 0.15) is 18.9 Å². The molecule has 4 N–H and O–H groups in total. The maximum absolute atomic E-state index is 12.3. The van der Waals surface area contributed by atoms with Crippen LogP contribution in [0.25, 0.3) is 0 Å². The molecule has 0 bridgehead atoms. The largest absolute Gasteiger partial charge is 0.395 e.